The molecule has 0 radical (unpaired) electrons. The highest BCUT2D eigenvalue weighted by Gasteiger charge is 2.22. The molecule has 0 saturated carbocycles. The molecule has 2 unspecified atom stereocenters. The van der Waals surface area contributed by atoms with Crippen LogP contribution in [0.4, 0.5) is 0 Å². The van der Waals surface area contributed by atoms with Gasteiger partial charge in [0.25, 0.3) is 0 Å². The van der Waals surface area contributed by atoms with Crippen molar-refractivity contribution in [2.75, 3.05) is 13.1 Å². The summed E-state index contributed by atoms with van der Waals surface area (Å²) in [6, 6.07) is 0. The molecule has 0 spiro atoms. The topological polar surface area (TPSA) is 30.3 Å². The third-order valence-electron chi connectivity index (χ3n) is 2.44. The minimum Gasteiger partial charge on any atom is -0.373 e. The standard InChI is InChI=1S/C10H16ClN3O/c1-8-4-13(5-9(2)15-8)7-14-6-10(11)3-12-14/h3,6,8-9H,4-5,7H2,1-2H3. The summed E-state index contributed by atoms with van der Waals surface area (Å²) in [7, 11) is 0. The predicted molar refractivity (Wildman–Crippen MR) is 58.8 cm³/mol. The van der Waals surface area contributed by atoms with Crippen molar-refractivity contribution in [2.24, 2.45) is 0 Å². The Hall–Kier alpha value is -0.580. The maximum absolute atomic E-state index is 5.81. The zero-order valence-electron chi connectivity index (χ0n) is 9.06. The van der Waals surface area contributed by atoms with Gasteiger partial charge in [-0.15, -0.1) is 0 Å². The SMILES string of the molecule is CC1CN(Cn2cc(Cl)cn2)CC(C)O1. The first-order valence-corrected chi connectivity index (χ1v) is 5.57. The van der Waals surface area contributed by atoms with Crippen molar-refractivity contribution in [2.45, 2.75) is 32.7 Å². The van der Waals surface area contributed by atoms with E-state index in [2.05, 4.69) is 23.8 Å². The van der Waals surface area contributed by atoms with Crippen LogP contribution in [-0.2, 0) is 11.4 Å². The van der Waals surface area contributed by atoms with E-state index in [1.165, 1.54) is 0 Å². The number of rotatable bonds is 2. The van der Waals surface area contributed by atoms with Crippen molar-refractivity contribution in [1.82, 2.24) is 14.7 Å². The van der Waals surface area contributed by atoms with E-state index in [-0.39, 0.29) is 0 Å². The molecule has 2 heterocycles. The molecule has 15 heavy (non-hydrogen) atoms. The predicted octanol–water partition coefficient (Wildman–Crippen LogP) is 1.60. The molecule has 1 fully saturated rings. The molecule has 1 aliphatic rings. The average Bonchev–Trinajstić information content (AvgIpc) is 2.49. The lowest BCUT2D eigenvalue weighted by molar-refractivity contribution is -0.0775. The van der Waals surface area contributed by atoms with Gasteiger partial charge < -0.3 is 4.74 Å². The van der Waals surface area contributed by atoms with Gasteiger partial charge in [0.05, 0.1) is 30.1 Å². The van der Waals surface area contributed by atoms with Crippen LogP contribution in [0, 0.1) is 0 Å². The number of hydrogen-bond acceptors (Lipinski definition) is 3. The van der Waals surface area contributed by atoms with E-state index >= 15 is 0 Å². The number of aromatic nitrogens is 2. The normalized spacial score (nSPS) is 28.2. The highest BCUT2D eigenvalue weighted by molar-refractivity contribution is 6.30. The molecule has 2 atom stereocenters. The Morgan fingerprint density at radius 2 is 2.13 bits per heavy atom. The van der Waals surface area contributed by atoms with Crippen molar-refractivity contribution in [1.29, 1.82) is 0 Å². The van der Waals surface area contributed by atoms with Gasteiger partial charge >= 0.3 is 0 Å². The van der Waals surface area contributed by atoms with Gasteiger partial charge in [-0.2, -0.15) is 5.10 Å². The van der Waals surface area contributed by atoms with Gasteiger partial charge in [-0.1, -0.05) is 11.6 Å². The number of morpholine rings is 1. The van der Waals surface area contributed by atoms with Gasteiger partial charge in [0, 0.05) is 19.3 Å². The molecule has 4 nitrogen and oxygen atoms in total. The molecule has 0 aromatic carbocycles. The second kappa shape index (κ2) is 4.51. The Morgan fingerprint density at radius 3 is 2.67 bits per heavy atom. The third kappa shape index (κ3) is 2.93. The molecule has 0 amide bonds. The van der Waals surface area contributed by atoms with Crippen LogP contribution in [0.1, 0.15) is 13.8 Å². The molecule has 1 aromatic heterocycles. The summed E-state index contributed by atoms with van der Waals surface area (Å²) in [5.41, 5.74) is 0. The van der Waals surface area contributed by atoms with Gasteiger partial charge in [-0.05, 0) is 13.8 Å². The minimum atomic E-state index is 0.291. The lowest BCUT2D eigenvalue weighted by atomic mass is 10.2. The minimum absolute atomic E-state index is 0.291. The zero-order valence-corrected chi connectivity index (χ0v) is 9.81. The molecule has 0 aliphatic carbocycles. The van der Waals surface area contributed by atoms with Gasteiger partial charge in [-0.25, -0.2) is 0 Å². The number of nitrogens with zero attached hydrogens (tertiary/aromatic N) is 3. The van der Waals surface area contributed by atoms with Gasteiger partial charge in [-0.3, -0.25) is 9.58 Å². The van der Waals surface area contributed by atoms with Crippen LogP contribution in [0.15, 0.2) is 12.4 Å². The maximum atomic E-state index is 5.81. The zero-order chi connectivity index (χ0) is 10.8. The molecule has 2 rings (SSSR count). The summed E-state index contributed by atoms with van der Waals surface area (Å²) in [6.45, 7) is 6.87. The first-order valence-electron chi connectivity index (χ1n) is 5.19. The second-order valence-electron chi connectivity index (χ2n) is 4.13. The first kappa shape index (κ1) is 10.9. The van der Waals surface area contributed by atoms with Gasteiger partial charge in [0.2, 0.25) is 0 Å². The smallest absolute Gasteiger partial charge is 0.0931 e. The third-order valence-corrected chi connectivity index (χ3v) is 2.64. The van der Waals surface area contributed by atoms with E-state index < -0.39 is 0 Å². The van der Waals surface area contributed by atoms with Crippen LogP contribution in [0.25, 0.3) is 0 Å². The highest BCUT2D eigenvalue weighted by atomic mass is 35.5. The van der Waals surface area contributed by atoms with Crippen LogP contribution in [0.5, 0.6) is 0 Å². The van der Waals surface area contributed by atoms with Crippen molar-refractivity contribution < 1.29 is 4.74 Å². The van der Waals surface area contributed by atoms with Gasteiger partial charge in [0.15, 0.2) is 0 Å². The number of hydrogen-bond donors (Lipinski definition) is 0. The molecule has 84 valence electrons. The van der Waals surface area contributed by atoms with Crippen LogP contribution < -0.4 is 0 Å². The molecule has 0 bridgehead atoms. The Bertz CT molecular complexity index is 318. The fourth-order valence-corrected chi connectivity index (χ4v) is 2.18. The van der Waals surface area contributed by atoms with E-state index in [1.807, 2.05) is 10.9 Å². The average molecular weight is 230 g/mol. The highest BCUT2D eigenvalue weighted by Crippen LogP contribution is 2.12. The summed E-state index contributed by atoms with van der Waals surface area (Å²) in [4.78, 5) is 2.32. The van der Waals surface area contributed by atoms with Crippen LogP contribution >= 0.6 is 11.6 Å². The Kier molecular flexibility index (Phi) is 3.29. The summed E-state index contributed by atoms with van der Waals surface area (Å²) < 4.78 is 7.52. The molecular formula is C10H16ClN3O. The number of halogens is 1. The Morgan fingerprint density at radius 1 is 1.47 bits per heavy atom. The fourth-order valence-electron chi connectivity index (χ4n) is 2.02. The van der Waals surface area contributed by atoms with E-state index in [0.717, 1.165) is 19.8 Å². The van der Waals surface area contributed by atoms with Crippen molar-refractivity contribution in [3.8, 4) is 0 Å². The maximum Gasteiger partial charge on any atom is 0.0931 e. The molecule has 5 heteroatoms. The van der Waals surface area contributed by atoms with Gasteiger partial charge in [0.1, 0.15) is 0 Å². The first-order chi connectivity index (χ1) is 7.13. The van der Waals surface area contributed by atoms with Crippen molar-refractivity contribution >= 4 is 11.6 Å². The summed E-state index contributed by atoms with van der Waals surface area (Å²) >= 11 is 5.81. The van der Waals surface area contributed by atoms with Crippen molar-refractivity contribution in [3.05, 3.63) is 17.4 Å². The second-order valence-corrected chi connectivity index (χ2v) is 4.57. The Balaban J connectivity index is 1.94. The van der Waals surface area contributed by atoms with E-state index in [4.69, 9.17) is 16.3 Å². The quantitative estimate of drug-likeness (QED) is 0.772. The van der Waals surface area contributed by atoms with Crippen LogP contribution in [-0.4, -0.2) is 40.0 Å². The molecular weight excluding hydrogens is 214 g/mol. The van der Waals surface area contributed by atoms with E-state index in [9.17, 15) is 0 Å². The van der Waals surface area contributed by atoms with Crippen LogP contribution in [0.3, 0.4) is 0 Å². The van der Waals surface area contributed by atoms with Crippen molar-refractivity contribution in [3.63, 3.8) is 0 Å². The molecule has 1 saturated heterocycles. The lowest BCUT2D eigenvalue weighted by Gasteiger charge is -2.34. The summed E-state index contributed by atoms with van der Waals surface area (Å²) in [6.07, 6.45) is 4.08. The monoisotopic (exact) mass is 229 g/mol. The number of ether oxygens (including phenoxy) is 1. The largest absolute Gasteiger partial charge is 0.373 e. The summed E-state index contributed by atoms with van der Waals surface area (Å²) in [5.74, 6) is 0. The summed E-state index contributed by atoms with van der Waals surface area (Å²) in [5, 5.41) is 4.85. The molecule has 0 N–H and O–H groups in total. The lowest BCUT2D eigenvalue weighted by Crippen LogP contribution is -2.45. The van der Waals surface area contributed by atoms with E-state index in [1.54, 1.807) is 6.20 Å². The molecule has 1 aliphatic heterocycles. The molecule has 1 aromatic rings. The Labute approximate surface area is 94.8 Å². The van der Waals surface area contributed by atoms with Crippen LogP contribution in [0.2, 0.25) is 5.02 Å². The van der Waals surface area contributed by atoms with E-state index in [0.29, 0.717) is 17.2 Å². The fraction of sp³-hybridized carbons (Fsp3) is 0.700.